The molecule has 0 aliphatic rings. The Hall–Kier alpha value is -0.0500. The van der Waals surface area contributed by atoms with Crippen molar-refractivity contribution in [3.05, 3.63) is 20.8 Å². The molecule has 1 aromatic heterocycles. The quantitative estimate of drug-likeness (QED) is 0.658. The molecule has 1 rings (SSSR count). The van der Waals surface area contributed by atoms with E-state index in [2.05, 4.69) is 31.5 Å². The van der Waals surface area contributed by atoms with Gasteiger partial charge in [-0.25, -0.2) is 0 Å². The van der Waals surface area contributed by atoms with E-state index in [-0.39, 0.29) is 0 Å². The summed E-state index contributed by atoms with van der Waals surface area (Å²) in [5.41, 5.74) is 1.21. The monoisotopic (exact) mass is 287 g/mol. The van der Waals surface area contributed by atoms with Gasteiger partial charge in [-0.15, -0.1) is 11.3 Å². The fourth-order valence-electron chi connectivity index (χ4n) is 2.36. The van der Waals surface area contributed by atoms with Gasteiger partial charge >= 0.3 is 0 Å². The number of thiophene rings is 1. The largest absolute Gasteiger partial charge is 0.312 e. The Balaban J connectivity index is 2.68. The Kier molecular flexibility index (Phi) is 7.28. The van der Waals surface area contributed by atoms with Gasteiger partial charge in [-0.2, -0.15) is 0 Å². The first-order valence-corrected chi connectivity index (χ1v) is 8.30. The van der Waals surface area contributed by atoms with Crippen LogP contribution in [0.4, 0.5) is 0 Å². The van der Waals surface area contributed by atoms with Crippen molar-refractivity contribution in [1.29, 1.82) is 0 Å². The van der Waals surface area contributed by atoms with Crippen molar-refractivity contribution in [3.63, 3.8) is 0 Å². The summed E-state index contributed by atoms with van der Waals surface area (Å²) in [4.78, 5) is 1.31. The predicted octanol–water partition coefficient (Wildman–Crippen LogP) is 5.58. The van der Waals surface area contributed by atoms with E-state index in [1.165, 1.54) is 42.5 Å². The lowest BCUT2D eigenvalue weighted by atomic mass is 9.91. The van der Waals surface area contributed by atoms with E-state index in [0.29, 0.717) is 6.04 Å². The third-order valence-electron chi connectivity index (χ3n) is 3.70. The van der Waals surface area contributed by atoms with Crippen LogP contribution in [-0.2, 0) is 0 Å². The minimum atomic E-state index is 0.415. The van der Waals surface area contributed by atoms with Crippen molar-refractivity contribution in [1.82, 2.24) is 5.32 Å². The Morgan fingerprint density at radius 2 is 2.11 bits per heavy atom. The average molecular weight is 288 g/mol. The topological polar surface area (TPSA) is 12.0 Å². The van der Waals surface area contributed by atoms with Gasteiger partial charge in [0.15, 0.2) is 0 Å². The van der Waals surface area contributed by atoms with Crippen molar-refractivity contribution in [3.8, 4) is 0 Å². The number of nitrogens with one attached hydrogen (secondary N) is 1. The van der Waals surface area contributed by atoms with Gasteiger partial charge in [-0.1, -0.05) is 51.1 Å². The second-order valence-corrected chi connectivity index (χ2v) is 6.38. The van der Waals surface area contributed by atoms with Gasteiger partial charge in [0.25, 0.3) is 0 Å². The highest BCUT2D eigenvalue weighted by molar-refractivity contribution is 7.10. The van der Waals surface area contributed by atoms with E-state index >= 15 is 0 Å². The summed E-state index contributed by atoms with van der Waals surface area (Å²) in [6, 6.07) is 0.415. The maximum Gasteiger partial charge on any atom is 0.0590 e. The molecule has 0 aliphatic heterocycles. The molecule has 0 radical (unpaired) electrons. The molecule has 0 spiro atoms. The van der Waals surface area contributed by atoms with E-state index in [0.717, 1.165) is 10.9 Å². The summed E-state index contributed by atoms with van der Waals surface area (Å²) < 4.78 is 0. The molecule has 1 nitrogen and oxygen atoms in total. The number of halogens is 1. The number of rotatable bonds is 8. The number of hydrogen-bond acceptors (Lipinski definition) is 2. The van der Waals surface area contributed by atoms with Gasteiger partial charge in [0.05, 0.1) is 5.02 Å². The molecule has 0 bridgehead atoms. The van der Waals surface area contributed by atoms with Crippen LogP contribution in [0.15, 0.2) is 5.38 Å². The first-order valence-electron chi connectivity index (χ1n) is 7.04. The van der Waals surface area contributed by atoms with Gasteiger partial charge < -0.3 is 5.32 Å². The fourth-order valence-corrected chi connectivity index (χ4v) is 3.80. The molecule has 1 aromatic rings. The Morgan fingerprint density at radius 1 is 1.39 bits per heavy atom. The van der Waals surface area contributed by atoms with Gasteiger partial charge in [0.2, 0.25) is 0 Å². The summed E-state index contributed by atoms with van der Waals surface area (Å²) >= 11 is 8.17. The molecule has 0 aromatic carbocycles. The number of aryl methyl sites for hydroxylation is 1. The van der Waals surface area contributed by atoms with Crippen LogP contribution in [0.3, 0.4) is 0 Å². The van der Waals surface area contributed by atoms with Gasteiger partial charge in [0, 0.05) is 10.9 Å². The van der Waals surface area contributed by atoms with Crippen LogP contribution >= 0.6 is 22.9 Å². The number of unbranched alkanes of at least 4 members (excludes halogenated alkanes) is 1. The highest BCUT2D eigenvalue weighted by Crippen LogP contribution is 2.36. The summed E-state index contributed by atoms with van der Waals surface area (Å²) in [6.07, 6.45) is 6.44. The van der Waals surface area contributed by atoms with E-state index in [4.69, 9.17) is 11.6 Å². The fraction of sp³-hybridized carbons (Fsp3) is 0.733. The lowest BCUT2D eigenvalue weighted by molar-refractivity contribution is 0.367. The zero-order chi connectivity index (χ0) is 13.5. The lowest BCUT2D eigenvalue weighted by Crippen LogP contribution is -2.19. The van der Waals surface area contributed by atoms with E-state index in [1.807, 2.05) is 7.05 Å². The van der Waals surface area contributed by atoms with Crippen LogP contribution in [0.5, 0.6) is 0 Å². The van der Waals surface area contributed by atoms with Crippen molar-refractivity contribution >= 4 is 22.9 Å². The second-order valence-electron chi connectivity index (χ2n) is 5.09. The minimum absolute atomic E-state index is 0.415. The summed E-state index contributed by atoms with van der Waals surface area (Å²) in [5.74, 6) is 0.806. The Labute approximate surface area is 121 Å². The summed E-state index contributed by atoms with van der Waals surface area (Å²) in [6.45, 7) is 6.65. The molecule has 0 aliphatic carbocycles. The maximum absolute atomic E-state index is 6.38. The molecule has 0 fully saturated rings. The molecule has 1 N–H and O–H groups in total. The van der Waals surface area contributed by atoms with Crippen LogP contribution in [0.25, 0.3) is 0 Å². The minimum Gasteiger partial charge on any atom is -0.312 e. The van der Waals surface area contributed by atoms with E-state index in [9.17, 15) is 0 Å². The molecule has 0 amide bonds. The van der Waals surface area contributed by atoms with Gasteiger partial charge in [-0.05, 0) is 37.3 Å². The standard InChI is InChI=1S/C15H26ClNS/c1-5-7-8-12(6-2)9-13(17-4)15-14(16)11(3)10-18-15/h10,12-13,17H,5-9H2,1-4H3. The number of hydrogen-bond donors (Lipinski definition) is 1. The van der Waals surface area contributed by atoms with Gasteiger partial charge in [0.1, 0.15) is 0 Å². The van der Waals surface area contributed by atoms with Crippen molar-refractivity contribution in [2.45, 2.75) is 58.9 Å². The summed E-state index contributed by atoms with van der Waals surface area (Å²) in [5, 5.41) is 6.56. The van der Waals surface area contributed by atoms with E-state index < -0.39 is 0 Å². The predicted molar refractivity (Wildman–Crippen MR) is 83.8 cm³/mol. The normalized spacial score (nSPS) is 14.7. The Morgan fingerprint density at radius 3 is 2.56 bits per heavy atom. The van der Waals surface area contributed by atoms with Crippen LogP contribution in [0.1, 0.15) is 62.4 Å². The van der Waals surface area contributed by atoms with Crippen LogP contribution in [0.2, 0.25) is 5.02 Å². The van der Waals surface area contributed by atoms with Crippen molar-refractivity contribution < 1.29 is 0 Å². The molecule has 1 heterocycles. The lowest BCUT2D eigenvalue weighted by Gasteiger charge is -2.22. The van der Waals surface area contributed by atoms with Crippen LogP contribution in [-0.4, -0.2) is 7.05 Å². The maximum atomic E-state index is 6.38. The summed E-state index contributed by atoms with van der Waals surface area (Å²) in [7, 11) is 2.04. The smallest absolute Gasteiger partial charge is 0.0590 e. The molecule has 2 atom stereocenters. The van der Waals surface area contributed by atoms with Crippen LogP contribution < -0.4 is 5.32 Å². The molecule has 0 saturated carbocycles. The van der Waals surface area contributed by atoms with Crippen molar-refractivity contribution in [2.75, 3.05) is 7.05 Å². The molecular weight excluding hydrogens is 262 g/mol. The van der Waals surface area contributed by atoms with Crippen LogP contribution in [0, 0.1) is 12.8 Å². The first-order chi connectivity index (χ1) is 8.63. The highest BCUT2D eigenvalue weighted by atomic mass is 35.5. The molecule has 104 valence electrons. The highest BCUT2D eigenvalue weighted by Gasteiger charge is 2.20. The Bertz CT molecular complexity index is 348. The molecule has 0 saturated heterocycles. The third-order valence-corrected chi connectivity index (χ3v) is 5.53. The van der Waals surface area contributed by atoms with Crippen molar-refractivity contribution in [2.24, 2.45) is 5.92 Å². The van der Waals surface area contributed by atoms with E-state index in [1.54, 1.807) is 11.3 Å². The second kappa shape index (κ2) is 8.19. The SMILES string of the molecule is CCCCC(CC)CC(NC)c1scc(C)c1Cl. The third kappa shape index (κ3) is 4.25. The van der Waals surface area contributed by atoms with Gasteiger partial charge in [-0.3, -0.25) is 0 Å². The average Bonchev–Trinajstić information content (AvgIpc) is 2.71. The molecule has 3 heteroatoms. The zero-order valence-electron chi connectivity index (χ0n) is 12.1. The zero-order valence-corrected chi connectivity index (χ0v) is 13.6. The molecule has 2 unspecified atom stereocenters. The first kappa shape index (κ1) is 16.0. The molecular formula is C15H26ClNS. The molecule has 18 heavy (non-hydrogen) atoms.